The van der Waals surface area contributed by atoms with Crippen LogP contribution < -0.4 is 0 Å². The first-order chi connectivity index (χ1) is 8.39. The fourth-order valence-corrected chi connectivity index (χ4v) is 2.18. The Morgan fingerprint density at radius 2 is 2.00 bits per heavy atom. The Bertz CT molecular complexity index is 707. The number of pyridine rings is 1. The smallest absolute Gasteiger partial charge is 0.180 e. The second-order valence-corrected chi connectivity index (χ2v) is 6.61. The Morgan fingerprint density at radius 3 is 2.67 bits per heavy atom. The van der Waals surface area contributed by atoms with Crippen molar-refractivity contribution < 1.29 is 13.2 Å². The van der Waals surface area contributed by atoms with Gasteiger partial charge < -0.3 is 0 Å². The lowest BCUT2D eigenvalue weighted by atomic mass is 10.1. The molecule has 1 heterocycles. The number of hydrogen-bond acceptors (Lipinski definition) is 4. The highest BCUT2D eigenvalue weighted by molar-refractivity contribution is 7.92. The third kappa shape index (κ3) is 2.41. The van der Waals surface area contributed by atoms with E-state index in [0.29, 0.717) is 5.56 Å². The maximum Gasteiger partial charge on any atom is 0.180 e. The molecule has 0 bridgehead atoms. The van der Waals surface area contributed by atoms with E-state index in [-0.39, 0.29) is 5.78 Å². The number of hydrogen-bond donors (Lipinski definition) is 0. The van der Waals surface area contributed by atoms with Gasteiger partial charge in [0.1, 0.15) is 5.25 Å². The highest BCUT2D eigenvalue weighted by Gasteiger charge is 2.24. The fourth-order valence-electron chi connectivity index (χ4n) is 1.66. The summed E-state index contributed by atoms with van der Waals surface area (Å²) < 4.78 is 22.8. The Hall–Kier alpha value is -1.75. The Balaban J connectivity index is 2.46. The van der Waals surface area contributed by atoms with Crippen LogP contribution >= 0.6 is 0 Å². The third-order valence-electron chi connectivity index (χ3n) is 2.90. The van der Waals surface area contributed by atoms with Gasteiger partial charge in [0.05, 0.1) is 5.52 Å². The van der Waals surface area contributed by atoms with E-state index < -0.39 is 15.1 Å². The molecule has 0 aliphatic carbocycles. The molecule has 0 N–H and O–H groups in total. The number of fused-ring (bicyclic) bond motifs is 1. The van der Waals surface area contributed by atoms with Crippen LogP contribution in [-0.2, 0) is 9.84 Å². The van der Waals surface area contributed by atoms with Crippen LogP contribution in [0.25, 0.3) is 10.9 Å². The molecular weight excluding hydrogens is 250 g/mol. The Morgan fingerprint density at radius 1 is 1.28 bits per heavy atom. The van der Waals surface area contributed by atoms with Crippen molar-refractivity contribution in [2.24, 2.45) is 0 Å². The van der Waals surface area contributed by atoms with E-state index in [9.17, 15) is 13.2 Å². The van der Waals surface area contributed by atoms with Gasteiger partial charge in [0.15, 0.2) is 15.6 Å². The van der Waals surface area contributed by atoms with E-state index in [1.54, 1.807) is 30.5 Å². The van der Waals surface area contributed by atoms with Crippen LogP contribution in [-0.4, -0.2) is 30.7 Å². The molecule has 0 saturated heterocycles. The van der Waals surface area contributed by atoms with E-state index in [4.69, 9.17) is 0 Å². The summed E-state index contributed by atoms with van der Waals surface area (Å²) in [7, 11) is -3.37. The monoisotopic (exact) mass is 263 g/mol. The van der Waals surface area contributed by atoms with Crippen molar-refractivity contribution in [3.63, 3.8) is 0 Å². The standard InChI is InChI=1S/C13H13NO3S/c1-9(18(2,16)17)13(15)11-5-6-12-10(8-11)4-3-7-14-12/h3-9H,1-2H3. The lowest BCUT2D eigenvalue weighted by Crippen LogP contribution is -2.26. The number of sulfone groups is 1. The van der Waals surface area contributed by atoms with Crippen molar-refractivity contribution in [2.45, 2.75) is 12.2 Å². The minimum absolute atomic E-state index is 0.386. The van der Waals surface area contributed by atoms with Gasteiger partial charge in [-0.05, 0) is 31.2 Å². The van der Waals surface area contributed by atoms with Crippen molar-refractivity contribution in [1.82, 2.24) is 4.98 Å². The normalized spacial score (nSPS) is 13.4. The number of nitrogens with zero attached hydrogens (tertiary/aromatic N) is 1. The lowest BCUT2D eigenvalue weighted by molar-refractivity contribution is 0.0992. The number of carbonyl (C=O) groups is 1. The van der Waals surface area contributed by atoms with E-state index >= 15 is 0 Å². The maximum atomic E-state index is 12.0. The molecule has 2 aromatic rings. The van der Waals surface area contributed by atoms with Crippen LogP contribution in [0.4, 0.5) is 0 Å². The van der Waals surface area contributed by atoms with Crippen LogP contribution in [0.15, 0.2) is 36.5 Å². The SMILES string of the molecule is CC(C(=O)c1ccc2ncccc2c1)S(C)(=O)=O. The molecule has 0 fully saturated rings. The Kier molecular flexibility index (Phi) is 3.17. The highest BCUT2D eigenvalue weighted by atomic mass is 32.2. The molecule has 0 amide bonds. The van der Waals surface area contributed by atoms with Gasteiger partial charge in [0, 0.05) is 23.4 Å². The predicted octanol–water partition coefficient (Wildman–Crippen LogP) is 1.85. The molecule has 1 aromatic heterocycles. The molecular formula is C13H13NO3S. The van der Waals surface area contributed by atoms with E-state index in [2.05, 4.69) is 4.98 Å². The summed E-state index contributed by atoms with van der Waals surface area (Å²) in [6, 6.07) is 8.62. The summed E-state index contributed by atoms with van der Waals surface area (Å²) in [5.74, 6) is -0.386. The Labute approximate surface area is 106 Å². The highest BCUT2D eigenvalue weighted by Crippen LogP contribution is 2.16. The molecule has 0 spiro atoms. The molecule has 0 saturated carbocycles. The van der Waals surface area contributed by atoms with Gasteiger partial charge in [0.2, 0.25) is 0 Å². The van der Waals surface area contributed by atoms with Gasteiger partial charge in [-0.3, -0.25) is 9.78 Å². The minimum Gasteiger partial charge on any atom is -0.293 e. The molecule has 18 heavy (non-hydrogen) atoms. The summed E-state index contributed by atoms with van der Waals surface area (Å²) in [6.07, 6.45) is 2.74. The largest absolute Gasteiger partial charge is 0.293 e. The summed E-state index contributed by atoms with van der Waals surface area (Å²) in [5.41, 5.74) is 1.18. The third-order valence-corrected chi connectivity index (χ3v) is 4.40. The van der Waals surface area contributed by atoms with Gasteiger partial charge in [0.25, 0.3) is 0 Å². The van der Waals surface area contributed by atoms with E-state index in [0.717, 1.165) is 17.2 Å². The van der Waals surface area contributed by atoms with Gasteiger partial charge in [-0.2, -0.15) is 0 Å². The molecule has 0 aliphatic rings. The van der Waals surface area contributed by atoms with E-state index in [1.807, 2.05) is 6.07 Å². The number of ketones is 1. The van der Waals surface area contributed by atoms with Gasteiger partial charge in [-0.1, -0.05) is 6.07 Å². The molecule has 0 aliphatic heterocycles. The first-order valence-electron chi connectivity index (χ1n) is 5.47. The zero-order valence-electron chi connectivity index (χ0n) is 10.1. The topological polar surface area (TPSA) is 64.1 Å². The number of Topliss-reactive ketones (excluding diaryl/α,β-unsaturated/α-hetero) is 1. The number of benzene rings is 1. The fraction of sp³-hybridized carbons (Fsp3) is 0.231. The van der Waals surface area contributed by atoms with Crippen molar-refractivity contribution in [1.29, 1.82) is 0 Å². The predicted molar refractivity (Wildman–Crippen MR) is 70.4 cm³/mol. The summed E-state index contributed by atoms with van der Waals surface area (Å²) in [6.45, 7) is 1.41. The van der Waals surface area contributed by atoms with Crippen LogP contribution in [0, 0.1) is 0 Å². The average molecular weight is 263 g/mol. The number of rotatable bonds is 3. The zero-order chi connectivity index (χ0) is 13.3. The summed E-state index contributed by atoms with van der Waals surface area (Å²) in [4.78, 5) is 16.2. The first kappa shape index (κ1) is 12.7. The zero-order valence-corrected chi connectivity index (χ0v) is 10.9. The number of carbonyl (C=O) groups excluding carboxylic acids is 1. The molecule has 0 radical (unpaired) electrons. The lowest BCUT2D eigenvalue weighted by Gasteiger charge is -2.08. The second kappa shape index (κ2) is 4.49. The van der Waals surface area contributed by atoms with Crippen molar-refractivity contribution in [3.05, 3.63) is 42.1 Å². The first-order valence-corrected chi connectivity index (χ1v) is 7.43. The van der Waals surface area contributed by atoms with Crippen molar-refractivity contribution in [3.8, 4) is 0 Å². The van der Waals surface area contributed by atoms with Crippen LogP contribution in [0.3, 0.4) is 0 Å². The van der Waals surface area contributed by atoms with Crippen LogP contribution in [0.2, 0.25) is 0 Å². The van der Waals surface area contributed by atoms with Crippen LogP contribution in [0.5, 0.6) is 0 Å². The minimum atomic E-state index is -3.37. The molecule has 1 unspecified atom stereocenters. The quantitative estimate of drug-likeness (QED) is 0.793. The van der Waals surface area contributed by atoms with Gasteiger partial charge in [-0.15, -0.1) is 0 Å². The maximum absolute atomic E-state index is 12.0. The second-order valence-electron chi connectivity index (χ2n) is 4.25. The van der Waals surface area contributed by atoms with Gasteiger partial charge in [-0.25, -0.2) is 8.42 Å². The molecule has 2 rings (SSSR count). The summed E-state index contributed by atoms with van der Waals surface area (Å²) in [5, 5.41) is -0.198. The van der Waals surface area contributed by atoms with Crippen molar-refractivity contribution in [2.75, 3.05) is 6.26 Å². The molecule has 1 atom stereocenters. The van der Waals surface area contributed by atoms with Gasteiger partial charge >= 0.3 is 0 Å². The van der Waals surface area contributed by atoms with E-state index in [1.165, 1.54) is 6.92 Å². The van der Waals surface area contributed by atoms with Crippen molar-refractivity contribution >= 4 is 26.5 Å². The molecule has 5 heteroatoms. The summed E-state index contributed by atoms with van der Waals surface area (Å²) >= 11 is 0. The van der Waals surface area contributed by atoms with Crippen LogP contribution in [0.1, 0.15) is 17.3 Å². The molecule has 94 valence electrons. The number of aromatic nitrogens is 1. The molecule has 1 aromatic carbocycles. The molecule has 4 nitrogen and oxygen atoms in total. The average Bonchev–Trinajstić information content (AvgIpc) is 2.35.